The number of piperidine rings is 1. The Morgan fingerprint density at radius 1 is 1.00 bits per heavy atom. The van der Waals surface area contributed by atoms with E-state index in [1.807, 2.05) is 30.5 Å². The Kier molecular flexibility index (Phi) is 4.18. The van der Waals surface area contributed by atoms with Crippen molar-refractivity contribution in [1.82, 2.24) is 4.90 Å². The van der Waals surface area contributed by atoms with E-state index in [0.29, 0.717) is 0 Å². The summed E-state index contributed by atoms with van der Waals surface area (Å²) in [4.78, 5) is 6.97. The van der Waals surface area contributed by atoms with E-state index in [4.69, 9.17) is 0 Å². The fraction of sp³-hybridized carbons (Fsp3) is 0.286. The van der Waals surface area contributed by atoms with Crippen molar-refractivity contribution in [2.24, 2.45) is 4.99 Å². The van der Waals surface area contributed by atoms with Crippen molar-refractivity contribution in [3.63, 3.8) is 0 Å². The Morgan fingerprint density at radius 3 is 2.62 bits per heavy atom. The van der Waals surface area contributed by atoms with E-state index in [1.165, 1.54) is 35.2 Å². The van der Waals surface area contributed by atoms with Gasteiger partial charge in [-0.2, -0.15) is 0 Å². The number of hydrogen-bond donors (Lipinski definition) is 1. The van der Waals surface area contributed by atoms with Crippen LogP contribution in [0, 0.1) is 0 Å². The van der Waals surface area contributed by atoms with E-state index < -0.39 is 0 Å². The van der Waals surface area contributed by atoms with Gasteiger partial charge in [0.2, 0.25) is 0 Å². The molecule has 0 aliphatic carbocycles. The van der Waals surface area contributed by atoms with Gasteiger partial charge in [0.05, 0.1) is 18.3 Å². The van der Waals surface area contributed by atoms with Gasteiger partial charge in [-0.3, -0.25) is 4.99 Å². The molecule has 1 atom stereocenters. The third kappa shape index (κ3) is 2.65. The Morgan fingerprint density at radius 2 is 1.79 bits per heavy atom. The third-order valence-corrected chi connectivity index (χ3v) is 4.98. The molecule has 1 saturated heterocycles. The highest BCUT2D eigenvalue weighted by Gasteiger charge is 2.28. The van der Waals surface area contributed by atoms with Gasteiger partial charge in [-0.1, -0.05) is 48.5 Å². The number of benzene rings is 2. The minimum Gasteiger partial charge on any atom is -0.394 e. The van der Waals surface area contributed by atoms with Crippen LogP contribution in [-0.4, -0.2) is 29.4 Å². The molecule has 3 heteroatoms. The van der Waals surface area contributed by atoms with Crippen molar-refractivity contribution in [3.8, 4) is 0 Å². The summed E-state index contributed by atoms with van der Waals surface area (Å²) >= 11 is 0. The topological polar surface area (TPSA) is 35.8 Å². The number of fused-ring (bicyclic) bond motifs is 1. The van der Waals surface area contributed by atoms with E-state index in [1.54, 1.807) is 0 Å². The van der Waals surface area contributed by atoms with Crippen LogP contribution in [0.1, 0.15) is 36.4 Å². The molecule has 122 valence electrons. The summed E-state index contributed by atoms with van der Waals surface area (Å²) in [7, 11) is 0. The van der Waals surface area contributed by atoms with E-state index >= 15 is 0 Å². The van der Waals surface area contributed by atoms with Crippen LogP contribution in [0.4, 0.5) is 5.69 Å². The molecule has 0 unspecified atom stereocenters. The predicted octanol–water partition coefficient (Wildman–Crippen LogP) is 4.33. The van der Waals surface area contributed by atoms with Crippen LogP contribution in [0.2, 0.25) is 0 Å². The number of allylic oxidation sites excluding steroid dienone is 2. The molecule has 2 heterocycles. The van der Waals surface area contributed by atoms with Gasteiger partial charge in [-0.15, -0.1) is 0 Å². The monoisotopic (exact) mass is 318 g/mol. The highest BCUT2D eigenvalue weighted by atomic mass is 16.3. The number of aliphatic imine (C=N–C) groups is 1. The average Bonchev–Trinajstić information content (AvgIpc) is 3.08. The first-order valence-electron chi connectivity index (χ1n) is 8.67. The zero-order valence-corrected chi connectivity index (χ0v) is 13.7. The average molecular weight is 318 g/mol. The number of nitrogens with zero attached hydrogens (tertiary/aromatic N) is 2. The Bertz CT molecular complexity index is 779. The maximum absolute atomic E-state index is 10.1. The largest absolute Gasteiger partial charge is 0.394 e. The van der Waals surface area contributed by atoms with Crippen LogP contribution in [0.25, 0.3) is 5.57 Å². The van der Waals surface area contributed by atoms with Crippen molar-refractivity contribution in [2.45, 2.75) is 25.3 Å². The zero-order valence-electron chi connectivity index (χ0n) is 13.7. The normalized spacial score (nSPS) is 21.0. The number of aliphatic hydroxyl groups excluding tert-OH is 1. The molecule has 3 nitrogen and oxygen atoms in total. The lowest BCUT2D eigenvalue weighted by Gasteiger charge is -2.39. The third-order valence-electron chi connectivity index (χ3n) is 4.98. The molecule has 0 amide bonds. The molecule has 1 N–H and O–H groups in total. The fourth-order valence-electron chi connectivity index (χ4n) is 3.79. The van der Waals surface area contributed by atoms with Crippen molar-refractivity contribution in [2.75, 3.05) is 13.2 Å². The van der Waals surface area contributed by atoms with E-state index in [2.05, 4.69) is 40.2 Å². The van der Waals surface area contributed by atoms with Crippen LogP contribution in [0.5, 0.6) is 0 Å². The van der Waals surface area contributed by atoms with Crippen molar-refractivity contribution >= 4 is 17.5 Å². The molecule has 0 bridgehead atoms. The second kappa shape index (κ2) is 6.62. The lowest BCUT2D eigenvalue weighted by molar-refractivity contribution is 0.138. The molecule has 2 aliphatic heterocycles. The zero-order chi connectivity index (χ0) is 16.4. The lowest BCUT2D eigenvalue weighted by atomic mass is 9.95. The second-order valence-electron chi connectivity index (χ2n) is 6.40. The van der Waals surface area contributed by atoms with Gasteiger partial charge in [0.15, 0.2) is 0 Å². The summed E-state index contributed by atoms with van der Waals surface area (Å²) in [5, 5.41) is 10.1. The number of para-hydroxylation sites is 1. The molecule has 2 aliphatic rings. The summed E-state index contributed by atoms with van der Waals surface area (Å²) in [6.45, 7) is 1.11. The first-order chi connectivity index (χ1) is 11.9. The van der Waals surface area contributed by atoms with E-state index in [-0.39, 0.29) is 12.6 Å². The molecule has 0 aromatic heterocycles. The predicted molar refractivity (Wildman–Crippen MR) is 98.3 cm³/mol. The van der Waals surface area contributed by atoms with Gasteiger partial charge in [0, 0.05) is 29.6 Å². The highest BCUT2D eigenvalue weighted by Crippen LogP contribution is 2.39. The van der Waals surface area contributed by atoms with Crippen LogP contribution in [0.15, 0.2) is 65.3 Å². The van der Waals surface area contributed by atoms with Gasteiger partial charge < -0.3 is 10.0 Å². The maximum Gasteiger partial charge on any atom is 0.0770 e. The molecule has 0 spiro atoms. The standard InChI is InChI=1S/C21H22N2O/c24-15-21(16-8-2-1-3-9-16)23-13-7-6-12-20(23)18-14-22-19-11-5-4-10-17(18)19/h1-5,8-11,14,21,24H,6-7,12-13,15H2/b20-18+/t21-/m0/s1. The minimum absolute atomic E-state index is 0.00941. The maximum atomic E-state index is 10.1. The van der Waals surface area contributed by atoms with Crippen LogP contribution in [0.3, 0.4) is 0 Å². The summed E-state index contributed by atoms with van der Waals surface area (Å²) in [6.07, 6.45) is 5.40. The quantitative estimate of drug-likeness (QED) is 0.914. The summed E-state index contributed by atoms with van der Waals surface area (Å²) in [6, 6.07) is 18.6. The van der Waals surface area contributed by atoms with E-state index in [9.17, 15) is 5.11 Å². The Balaban J connectivity index is 1.77. The molecule has 0 saturated carbocycles. The van der Waals surface area contributed by atoms with Gasteiger partial charge >= 0.3 is 0 Å². The highest BCUT2D eigenvalue weighted by molar-refractivity contribution is 6.17. The molecule has 2 aromatic carbocycles. The molecule has 24 heavy (non-hydrogen) atoms. The minimum atomic E-state index is 0.00941. The number of hydrogen-bond acceptors (Lipinski definition) is 3. The smallest absolute Gasteiger partial charge is 0.0770 e. The summed E-state index contributed by atoms with van der Waals surface area (Å²) in [5.74, 6) is 0. The number of rotatable bonds is 3. The van der Waals surface area contributed by atoms with Crippen molar-refractivity contribution < 1.29 is 5.11 Å². The van der Waals surface area contributed by atoms with Crippen LogP contribution in [-0.2, 0) is 0 Å². The molecule has 4 rings (SSSR count). The Labute approximate surface area is 143 Å². The first-order valence-corrected chi connectivity index (χ1v) is 8.67. The van der Waals surface area contributed by atoms with Gasteiger partial charge in [-0.05, 0) is 30.9 Å². The number of likely N-dealkylation sites (tertiary alicyclic amines) is 1. The van der Waals surface area contributed by atoms with Crippen LogP contribution < -0.4 is 0 Å². The van der Waals surface area contributed by atoms with Crippen molar-refractivity contribution in [1.29, 1.82) is 0 Å². The SMILES string of the molecule is OC[C@@H](c1ccccc1)N1CCCC/C1=C1/C=Nc2ccccc21. The molecule has 2 aromatic rings. The van der Waals surface area contributed by atoms with Gasteiger partial charge in [-0.25, -0.2) is 0 Å². The van der Waals surface area contributed by atoms with Gasteiger partial charge in [0.1, 0.15) is 0 Å². The summed E-state index contributed by atoms with van der Waals surface area (Å²) < 4.78 is 0. The molecule has 1 fully saturated rings. The molecular weight excluding hydrogens is 296 g/mol. The van der Waals surface area contributed by atoms with Crippen molar-refractivity contribution in [3.05, 3.63) is 71.4 Å². The van der Waals surface area contributed by atoms with E-state index in [0.717, 1.165) is 18.7 Å². The molecule has 0 radical (unpaired) electrons. The fourth-order valence-corrected chi connectivity index (χ4v) is 3.79. The lowest BCUT2D eigenvalue weighted by Crippen LogP contribution is -2.34. The first kappa shape index (κ1) is 15.2. The number of aliphatic hydroxyl groups is 1. The van der Waals surface area contributed by atoms with Gasteiger partial charge in [0.25, 0.3) is 0 Å². The Hall–Kier alpha value is -2.39. The molecular formula is C21H22N2O. The second-order valence-corrected chi connectivity index (χ2v) is 6.40. The van der Waals surface area contributed by atoms with Crippen LogP contribution >= 0.6 is 0 Å². The summed E-state index contributed by atoms with van der Waals surface area (Å²) in [5.41, 5.74) is 5.97.